The predicted molar refractivity (Wildman–Crippen MR) is 58.5 cm³/mol. The van der Waals surface area contributed by atoms with Gasteiger partial charge in [0.1, 0.15) is 5.69 Å². The second-order valence-electron chi connectivity index (χ2n) is 2.70. The third-order valence-corrected chi connectivity index (χ3v) is 2.45. The number of carbonyl (C=O) groups excluding carboxylic acids is 1. The van der Waals surface area contributed by atoms with Gasteiger partial charge in [-0.05, 0) is 29.0 Å². The van der Waals surface area contributed by atoms with E-state index in [1.54, 1.807) is 6.20 Å². The molecular weight excluding hydrogens is 281 g/mol. The molecule has 1 aromatic heterocycles. The van der Waals surface area contributed by atoms with Crippen LogP contribution in [0.3, 0.4) is 0 Å². The predicted octanol–water partition coefficient (Wildman–Crippen LogP) is 1.54. The third-order valence-electron chi connectivity index (χ3n) is 1.64. The van der Waals surface area contributed by atoms with Crippen LogP contribution in [0.2, 0.25) is 0 Å². The van der Waals surface area contributed by atoms with E-state index >= 15 is 0 Å². The zero-order chi connectivity index (χ0) is 9.68. The summed E-state index contributed by atoms with van der Waals surface area (Å²) in [6.45, 7) is 2.82. The molecule has 2 N–H and O–H groups in total. The van der Waals surface area contributed by atoms with Crippen LogP contribution in [0.15, 0.2) is 6.20 Å². The number of amides is 1. The van der Waals surface area contributed by atoms with Gasteiger partial charge in [0.15, 0.2) is 0 Å². The summed E-state index contributed by atoms with van der Waals surface area (Å²) in [6.07, 6.45) is 3.73. The standard InChI is InChI=1S/C8H12IN3O/c1-2-3-4-10-8(13)7-6(9)5-11-12-7/h5H,2-4H2,1H3,(H,10,13)(H,11,12). The minimum absolute atomic E-state index is 0.0737. The second-order valence-corrected chi connectivity index (χ2v) is 3.86. The van der Waals surface area contributed by atoms with Crippen LogP contribution in [-0.2, 0) is 0 Å². The molecule has 0 aliphatic carbocycles. The van der Waals surface area contributed by atoms with Crippen molar-refractivity contribution < 1.29 is 4.79 Å². The number of hydrogen-bond acceptors (Lipinski definition) is 2. The van der Waals surface area contributed by atoms with Crippen molar-refractivity contribution in [2.75, 3.05) is 6.54 Å². The van der Waals surface area contributed by atoms with Crippen LogP contribution in [-0.4, -0.2) is 22.6 Å². The van der Waals surface area contributed by atoms with E-state index in [9.17, 15) is 4.79 Å². The van der Waals surface area contributed by atoms with Gasteiger partial charge in [0.25, 0.3) is 5.91 Å². The summed E-state index contributed by atoms with van der Waals surface area (Å²) in [5.74, 6) is -0.0737. The molecule has 0 aliphatic heterocycles. The number of halogens is 1. The molecule has 0 fully saturated rings. The van der Waals surface area contributed by atoms with Crippen LogP contribution >= 0.6 is 22.6 Å². The molecular formula is C8H12IN3O. The molecule has 13 heavy (non-hydrogen) atoms. The normalized spacial score (nSPS) is 10.0. The van der Waals surface area contributed by atoms with Gasteiger partial charge in [-0.25, -0.2) is 0 Å². The lowest BCUT2D eigenvalue weighted by molar-refractivity contribution is 0.0947. The van der Waals surface area contributed by atoms with Crippen molar-refractivity contribution in [1.29, 1.82) is 0 Å². The Bertz CT molecular complexity index is 285. The zero-order valence-corrected chi connectivity index (χ0v) is 9.59. The van der Waals surface area contributed by atoms with Gasteiger partial charge in [0.2, 0.25) is 0 Å². The number of nitrogens with one attached hydrogen (secondary N) is 2. The minimum Gasteiger partial charge on any atom is -0.351 e. The highest BCUT2D eigenvalue weighted by Crippen LogP contribution is 2.06. The SMILES string of the molecule is CCCCNC(=O)c1[nH]ncc1I. The van der Waals surface area contributed by atoms with Gasteiger partial charge in [-0.3, -0.25) is 9.89 Å². The monoisotopic (exact) mass is 293 g/mol. The van der Waals surface area contributed by atoms with Gasteiger partial charge in [-0.2, -0.15) is 5.10 Å². The lowest BCUT2D eigenvalue weighted by Gasteiger charge is -2.01. The largest absolute Gasteiger partial charge is 0.351 e. The number of rotatable bonds is 4. The first-order valence-corrected chi connectivity index (χ1v) is 5.30. The molecule has 0 aromatic carbocycles. The highest BCUT2D eigenvalue weighted by Gasteiger charge is 2.10. The highest BCUT2D eigenvalue weighted by atomic mass is 127. The van der Waals surface area contributed by atoms with Crippen LogP contribution in [0.4, 0.5) is 0 Å². The van der Waals surface area contributed by atoms with Gasteiger partial charge in [0, 0.05) is 6.54 Å². The molecule has 0 spiro atoms. The minimum atomic E-state index is -0.0737. The summed E-state index contributed by atoms with van der Waals surface area (Å²) < 4.78 is 0.853. The average molecular weight is 293 g/mol. The molecule has 0 saturated heterocycles. The van der Waals surface area contributed by atoms with Gasteiger partial charge >= 0.3 is 0 Å². The van der Waals surface area contributed by atoms with E-state index < -0.39 is 0 Å². The Balaban J connectivity index is 2.45. The topological polar surface area (TPSA) is 57.8 Å². The fourth-order valence-electron chi connectivity index (χ4n) is 0.898. The Kier molecular flexibility index (Phi) is 4.20. The Labute approximate surface area is 90.6 Å². The van der Waals surface area contributed by atoms with Crippen LogP contribution < -0.4 is 5.32 Å². The quantitative estimate of drug-likeness (QED) is 0.653. The van der Waals surface area contributed by atoms with Gasteiger partial charge in [0.05, 0.1) is 9.77 Å². The molecule has 0 unspecified atom stereocenters. The molecule has 0 aliphatic rings. The van der Waals surface area contributed by atoms with Crippen molar-refractivity contribution in [1.82, 2.24) is 15.5 Å². The molecule has 1 heterocycles. The van der Waals surface area contributed by atoms with E-state index in [4.69, 9.17) is 0 Å². The third kappa shape index (κ3) is 2.98. The summed E-state index contributed by atoms with van der Waals surface area (Å²) in [4.78, 5) is 11.4. The molecule has 1 amide bonds. The number of carbonyl (C=O) groups is 1. The summed E-state index contributed by atoms with van der Waals surface area (Å²) in [5.41, 5.74) is 0.553. The molecule has 1 aromatic rings. The number of unbranched alkanes of at least 4 members (excludes halogenated alkanes) is 1. The fourth-order valence-corrected chi connectivity index (χ4v) is 1.40. The molecule has 0 radical (unpaired) electrons. The summed E-state index contributed by atoms with van der Waals surface area (Å²) in [7, 11) is 0. The number of aromatic amines is 1. The maximum Gasteiger partial charge on any atom is 0.270 e. The highest BCUT2D eigenvalue weighted by molar-refractivity contribution is 14.1. The van der Waals surface area contributed by atoms with Gasteiger partial charge < -0.3 is 5.32 Å². The van der Waals surface area contributed by atoms with E-state index in [0.717, 1.165) is 23.0 Å². The molecule has 0 bridgehead atoms. The van der Waals surface area contributed by atoms with Gasteiger partial charge in [-0.1, -0.05) is 13.3 Å². The fraction of sp³-hybridized carbons (Fsp3) is 0.500. The van der Waals surface area contributed by atoms with Crippen LogP contribution in [0.1, 0.15) is 30.3 Å². The van der Waals surface area contributed by atoms with Crippen molar-refractivity contribution in [3.05, 3.63) is 15.5 Å². The first-order valence-electron chi connectivity index (χ1n) is 4.22. The smallest absolute Gasteiger partial charge is 0.270 e. The Morgan fingerprint density at radius 3 is 3.08 bits per heavy atom. The van der Waals surface area contributed by atoms with E-state index in [1.165, 1.54) is 0 Å². The maximum atomic E-state index is 11.4. The van der Waals surface area contributed by atoms with E-state index in [0.29, 0.717) is 5.69 Å². The summed E-state index contributed by atoms with van der Waals surface area (Å²) >= 11 is 2.08. The summed E-state index contributed by atoms with van der Waals surface area (Å²) in [6, 6.07) is 0. The number of hydrogen-bond donors (Lipinski definition) is 2. The Morgan fingerprint density at radius 2 is 2.54 bits per heavy atom. The molecule has 5 heteroatoms. The van der Waals surface area contributed by atoms with Crippen LogP contribution in [0.25, 0.3) is 0 Å². The lowest BCUT2D eigenvalue weighted by Crippen LogP contribution is -2.25. The molecule has 72 valence electrons. The molecule has 4 nitrogen and oxygen atoms in total. The number of aromatic nitrogens is 2. The summed E-state index contributed by atoms with van der Waals surface area (Å²) in [5, 5.41) is 9.25. The van der Waals surface area contributed by atoms with Gasteiger partial charge in [-0.15, -0.1) is 0 Å². The van der Waals surface area contributed by atoms with Crippen molar-refractivity contribution in [3.63, 3.8) is 0 Å². The zero-order valence-electron chi connectivity index (χ0n) is 7.43. The van der Waals surface area contributed by atoms with Crippen LogP contribution in [0.5, 0.6) is 0 Å². The van der Waals surface area contributed by atoms with E-state index in [1.807, 2.05) is 0 Å². The van der Waals surface area contributed by atoms with Crippen molar-refractivity contribution in [3.8, 4) is 0 Å². The Hall–Kier alpha value is -0.590. The van der Waals surface area contributed by atoms with Crippen molar-refractivity contribution in [2.24, 2.45) is 0 Å². The number of H-pyrrole nitrogens is 1. The second kappa shape index (κ2) is 5.21. The van der Waals surface area contributed by atoms with Crippen LogP contribution in [0, 0.1) is 3.57 Å². The number of nitrogens with zero attached hydrogens (tertiary/aromatic N) is 1. The molecule has 0 atom stereocenters. The molecule has 1 rings (SSSR count). The Morgan fingerprint density at radius 1 is 1.77 bits per heavy atom. The van der Waals surface area contributed by atoms with E-state index in [-0.39, 0.29) is 5.91 Å². The van der Waals surface area contributed by atoms with Crippen molar-refractivity contribution >= 4 is 28.5 Å². The van der Waals surface area contributed by atoms with Crippen molar-refractivity contribution in [2.45, 2.75) is 19.8 Å². The molecule has 0 saturated carbocycles. The first kappa shape index (κ1) is 10.5. The maximum absolute atomic E-state index is 11.4. The lowest BCUT2D eigenvalue weighted by atomic mass is 10.3. The van der Waals surface area contributed by atoms with E-state index in [2.05, 4.69) is 45.0 Å². The average Bonchev–Trinajstić information content (AvgIpc) is 2.52. The first-order chi connectivity index (χ1) is 6.25.